The quantitative estimate of drug-likeness (QED) is 0.413. The molecule has 2 heterocycles. The van der Waals surface area contributed by atoms with Crippen molar-refractivity contribution in [1.29, 1.82) is 0 Å². The molecule has 0 spiro atoms. The van der Waals surface area contributed by atoms with E-state index in [0.717, 1.165) is 12.8 Å². The van der Waals surface area contributed by atoms with Gasteiger partial charge in [-0.25, -0.2) is 17.9 Å². The highest BCUT2D eigenvalue weighted by atomic mass is 35.5. The van der Waals surface area contributed by atoms with E-state index in [-0.39, 0.29) is 21.4 Å². The number of fused-ring (bicyclic) bond motifs is 2. The lowest BCUT2D eigenvalue weighted by Gasteiger charge is -2.30. The summed E-state index contributed by atoms with van der Waals surface area (Å²) in [5, 5.41) is 5.55. The zero-order valence-corrected chi connectivity index (χ0v) is 26.8. The Balaban J connectivity index is 1.57. The van der Waals surface area contributed by atoms with Crippen molar-refractivity contribution >= 4 is 57.0 Å². The number of benzene rings is 1. The molecule has 11 nitrogen and oxygen atoms in total. The number of allylic oxidation sites excluding steroid dienone is 1. The average molecular weight is 658 g/mol. The summed E-state index contributed by atoms with van der Waals surface area (Å²) < 4.78 is 33.7. The SMILES string of the molecule is CC(C)(C)OC(=O)N[C@H]1CCCCCC=C[C@@H]2C[C@@]2(C(=O)NS(=O)(=O)c2ccc(Cl)cc2Cl)NC(=O)[C@@H]2CCCN2C1=O. The lowest BCUT2D eigenvalue weighted by molar-refractivity contribution is -0.141. The van der Waals surface area contributed by atoms with E-state index in [1.54, 1.807) is 20.8 Å². The molecule has 1 saturated heterocycles. The summed E-state index contributed by atoms with van der Waals surface area (Å²) in [7, 11) is -4.39. The van der Waals surface area contributed by atoms with Gasteiger partial charge in [0, 0.05) is 17.5 Å². The molecule has 4 amide bonds. The predicted molar refractivity (Wildman–Crippen MR) is 161 cm³/mol. The third-order valence-electron chi connectivity index (χ3n) is 7.74. The van der Waals surface area contributed by atoms with E-state index in [2.05, 4.69) is 15.4 Å². The number of rotatable bonds is 4. The molecule has 0 aromatic heterocycles. The zero-order valence-electron chi connectivity index (χ0n) is 24.5. The summed E-state index contributed by atoms with van der Waals surface area (Å²) in [5.74, 6) is -2.30. The van der Waals surface area contributed by atoms with Crippen molar-refractivity contribution < 1.29 is 32.3 Å². The van der Waals surface area contributed by atoms with E-state index in [1.807, 2.05) is 12.2 Å². The molecule has 2 fully saturated rings. The molecule has 0 bridgehead atoms. The smallest absolute Gasteiger partial charge is 0.408 e. The molecule has 1 aromatic rings. The first kappa shape index (κ1) is 33.1. The van der Waals surface area contributed by atoms with E-state index in [9.17, 15) is 27.6 Å². The summed E-state index contributed by atoms with van der Waals surface area (Å²) in [6.45, 7) is 5.48. The predicted octanol–water partition coefficient (Wildman–Crippen LogP) is 4.08. The molecular formula is C29H38Cl2N4O7S. The van der Waals surface area contributed by atoms with Gasteiger partial charge in [-0.05, 0) is 77.5 Å². The number of nitrogens with zero attached hydrogens (tertiary/aromatic N) is 1. The van der Waals surface area contributed by atoms with Crippen LogP contribution in [-0.4, -0.2) is 66.9 Å². The second-order valence-electron chi connectivity index (χ2n) is 12.2. The van der Waals surface area contributed by atoms with Gasteiger partial charge in [0.1, 0.15) is 28.1 Å². The molecule has 14 heteroatoms. The molecule has 4 atom stereocenters. The Bertz CT molecular complexity index is 1410. The number of hydrogen-bond donors (Lipinski definition) is 3. The molecular weight excluding hydrogens is 619 g/mol. The van der Waals surface area contributed by atoms with Crippen molar-refractivity contribution in [2.75, 3.05) is 6.54 Å². The maximum absolute atomic E-state index is 13.7. The fourth-order valence-electron chi connectivity index (χ4n) is 5.50. The van der Waals surface area contributed by atoms with Gasteiger partial charge in [-0.15, -0.1) is 0 Å². The Morgan fingerprint density at radius 1 is 1.09 bits per heavy atom. The average Bonchev–Trinajstić information content (AvgIpc) is 3.35. The van der Waals surface area contributed by atoms with Crippen LogP contribution in [0.1, 0.15) is 72.1 Å². The molecule has 0 unspecified atom stereocenters. The van der Waals surface area contributed by atoms with Gasteiger partial charge in [0.15, 0.2) is 0 Å². The highest BCUT2D eigenvalue weighted by Gasteiger charge is 2.61. The van der Waals surface area contributed by atoms with Crippen molar-refractivity contribution in [1.82, 2.24) is 20.3 Å². The van der Waals surface area contributed by atoms with Crippen LogP contribution in [-0.2, 0) is 29.1 Å². The van der Waals surface area contributed by atoms with Gasteiger partial charge in [-0.3, -0.25) is 14.4 Å². The fraction of sp³-hybridized carbons (Fsp3) is 0.586. The minimum atomic E-state index is -4.39. The van der Waals surface area contributed by atoms with Crippen molar-refractivity contribution in [2.45, 2.75) is 100 Å². The van der Waals surface area contributed by atoms with Gasteiger partial charge in [-0.2, -0.15) is 0 Å². The molecule has 2 aliphatic heterocycles. The van der Waals surface area contributed by atoms with Crippen molar-refractivity contribution in [3.05, 3.63) is 40.4 Å². The summed E-state index contributed by atoms with van der Waals surface area (Å²) in [6, 6.07) is 2.02. The minimum Gasteiger partial charge on any atom is -0.444 e. The van der Waals surface area contributed by atoms with Crippen molar-refractivity contribution in [3.63, 3.8) is 0 Å². The van der Waals surface area contributed by atoms with Crippen LogP contribution in [0.15, 0.2) is 35.2 Å². The molecule has 1 aliphatic carbocycles. The number of halogens is 2. The van der Waals surface area contributed by atoms with Crippen LogP contribution in [0, 0.1) is 5.92 Å². The molecule has 236 valence electrons. The van der Waals surface area contributed by atoms with Gasteiger partial charge in [0.25, 0.3) is 15.9 Å². The number of carbonyl (C=O) groups is 4. The lowest BCUT2D eigenvalue weighted by Crippen LogP contribution is -2.58. The van der Waals surface area contributed by atoms with Crippen LogP contribution in [0.3, 0.4) is 0 Å². The minimum absolute atomic E-state index is 0.154. The van der Waals surface area contributed by atoms with Gasteiger partial charge in [-0.1, -0.05) is 48.2 Å². The maximum Gasteiger partial charge on any atom is 0.408 e. The molecule has 3 N–H and O–H groups in total. The third kappa shape index (κ3) is 8.02. The Kier molecular flexibility index (Phi) is 10.0. The standard InChI is InChI=1S/C29H38Cl2N4O7S/c1-28(2,3)42-27(39)32-21-11-8-6-4-5-7-10-18-17-29(18,33-24(36)22-12-9-15-35(22)25(21)37)26(38)34-43(40,41)23-14-13-19(30)16-20(23)31/h7,10,13-14,16,18,21-22H,4-6,8-9,11-12,15,17H2,1-3H3,(H,32,39)(H,33,36)(H,34,38)/t18-,21+,22+,29-/m1/s1. The number of carbonyl (C=O) groups excluding carboxylic acids is 4. The molecule has 3 aliphatic rings. The summed E-state index contributed by atoms with van der Waals surface area (Å²) >= 11 is 12.0. The van der Waals surface area contributed by atoms with E-state index < -0.39 is 63.0 Å². The summed E-state index contributed by atoms with van der Waals surface area (Å²) in [6.07, 6.45) is 7.46. The first-order valence-electron chi connectivity index (χ1n) is 14.4. The van der Waals surface area contributed by atoms with E-state index in [1.165, 1.54) is 23.1 Å². The van der Waals surface area contributed by atoms with Gasteiger partial charge in [0.2, 0.25) is 11.8 Å². The Morgan fingerprint density at radius 2 is 1.84 bits per heavy atom. The maximum atomic E-state index is 13.7. The van der Waals surface area contributed by atoms with E-state index in [4.69, 9.17) is 27.9 Å². The molecule has 1 aromatic carbocycles. The normalized spacial score (nSPS) is 26.7. The number of alkyl carbamates (subject to hydrolysis) is 1. The third-order valence-corrected chi connectivity index (χ3v) is 9.79. The van der Waals surface area contributed by atoms with Crippen LogP contribution in [0.2, 0.25) is 10.0 Å². The van der Waals surface area contributed by atoms with Crippen molar-refractivity contribution in [2.24, 2.45) is 5.92 Å². The first-order chi connectivity index (χ1) is 20.1. The van der Waals surface area contributed by atoms with E-state index in [0.29, 0.717) is 38.6 Å². The van der Waals surface area contributed by atoms with Gasteiger partial charge in [0.05, 0.1) is 5.02 Å². The highest BCUT2D eigenvalue weighted by Crippen LogP contribution is 2.46. The molecule has 4 rings (SSSR count). The van der Waals surface area contributed by atoms with Crippen LogP contribution in [0.5, 0.6) is 0 Å². The first-order valence-corrected chi connectivity index (χ1v) is 16.7. The Labute approximate surface area is 262 Å². The number of nitrogens with one attached hydrogen (secondary N) is 3. The van der Waals surface area contributed by atoms with Crippen LogP contribution >= 0.6 is 23.2 Å². The second kappa shape index (κ2) is 13.0. The van der Waals surface area contributed by atoms with E-state index >= 15 is 0 Å². The lowest BCUT2D eigenvalue weighted by atomic mass is 10.0. The largest absolute Gasteiger partial charge is 0.444 e. The fourth-order valence-corrected chi connectivity index (χ4v) is 7.32. The number of hydrogen-bond acceptors (Lipinski definition) is 7. The van der Waals surface area contributed by atoms with Crippen LogP contribution in [0.25, 0.3) is 0 Å². The van der Waals surface area contributed by atoms with Gasteiger partial charge >= 0.3 is 6.09 Å². The Hall–Kier alpha value is -2.83. The molecule has 43 heavy (non-hydrogen) atoms. The number of ether oxygens (including phenoxy) is 1. The van der Waals surface area contributed by atoms with Crippen LogP contribution in [0.4, 0.5) is 4.79 Å². The highest BCUT2D eigenvalue weighted by molar-refractivity contribution is 7.90. The molecule has 0 radical (unpaired) electrons. The number of sulfonamides is 1. The van der Waals surface area contributed by atoms with Crippen molar-refractivity contribution in [3.8, 4) is 0 Å². The van der Waals surface area contributed by atoms with Gasteiger partial charge < -0.3 is 20.3 Å². The summed E-state index contributed by atoms with van der Waals surface area (Å²) in [5.41, 5.74) is -2.28. The second-order valence-corrected chi connectivity index (χ2v) is 14.7. The summed E-state index contributed by atoms with van der Waals surface area (Å²) in [4.78, 5) is 54.6. The molecule has 1 saturated carbocycles. The number of amides is 4. The Morgan fingerprint density at radius 3 is 2.53 bits per heavy atom. The van der Waals surface area contributed by atoms with Crippen LogP contribution < -0.4 is 15.4 Å². The zero-order chi connectivity index (χ0) is 31.6. The monoisotopic (exact) mass is 656 g/mol. The topological polar surface area (TPSA) is 151 Å².